The number of aromatic hydroxyl groups is 1. The van der Waals surface area contributed by atoms with Crippen LogP contribution in [0, 0.1) is 17.8 Å². The number of phenolic OH excluding ortho intramolecular Hbond substituents is 1. The Morgan fingerprint density at radius 3 is 2.40 bits per heavy atom. The van der Waals surface area contributed by atoms with E-state index in [1.54, 1.807) is 6.08 Å². The number of alkyl halides is 5. The highest BCUT2D eigenvalue weighted by Gasteiger charge is 2.76. The molecule has 2 aliphatic heterocycles. The summed E-state index contributed by atoms with van der Waals surface area (Å²) in [4.78, 5) is 55.4. The van der Waals surface area contributed by atoms with Gasteiger partial charge in [0.15, 0.2) is 15.6 Å². The lowest BCUT2D eigenvalue weighted by molar-refractivity contribution is -0.141. The first kappa shape index (κ1) is 31.4. The molecule has 4 amide bonds. The normalized spacial score (nSPS) is 31.1. The minimum Gasteiger partial charge on any atom is -0.508 e. The number of carbonyl (C=O) groups excluding carboxylic acids is 4. The van der Waals surface area contributed by atoms with Gasteiger partial charge in [-0.1, -0.05) is 29.3 Å². The van der Waals surface area contributed by atoms with E-state index in [1.807, 2.05) is 0 Å². The third-order valence-electron chi connectivity index (χ3n) is 9.27. The van der Waals surface area contributed by atoms with Crippen molar-refractivity contribution in [3.8, 4) is 11.5 Å². The largest absolute Gasteiger partial charge is 0.508 e. The van der Waals surface area contributed by atoms with Crippen LogP contribution in [-0.4, -0.2) is 74.6 Å². The van der Waals surface area contributed by atoms with E-state index in [-0.39, 0.29) is 34.9 Å². The molecule has 0 spiro atoms. The van der Waals surface area contributed by atoms with Crippen molar-refractivity contribution in [1.82, 2.24) is 14.9 Å². The number of nitrogens with zero attached hydrogens (tertiary/aromatic N) is 4. The molecule has 16 heteroatoms. The number of carbonyl (C=O) groups is 4. The number of hydrazine groups is 1. The van der Waals surface area contributed by atoms with Crippen LogP contribution in [0.15, 0.2) is 42.0 Å². The van der Waals surface area contributed by atoms with Crippen LogP contribution in [0.4, 0.5) is 19.0 Å². The zero-order chi connectivity index (χ0) is 33.0. The minimum atomic E-state index is -4.83. The number of allylic oxidation sites excluding steroid dienone is 2. The van der Waals surface area contributed by atoms with Gasteiger partial charge >= 0.3 is 6.18 Å². The highest BCUT2D eigenvalue weighted by molar-refractivity contribution is 6.53. The second kappa shape index (κ2) is 10.2. The number of pyridine rings is 1. The molecule has 1 aromatic carbocycles. The van der Waals surface area contributed by atoms with Crippen LogP contribution in [0.1, 0.15) is 30.0 Å². The molecule has 10 nitrogen and oxygen atoms in total. The lowest BCUT2D eigenvalue weighted by Crippen LogP contribution is -2.60. The Labute approximate surface area is 269 Å². The summed E-state index contributed by atoms with van der Waals surface area (Å²) >= 11 is 20.4. The molecule has 45 heavy (non-hydrogen) atoms. The Balaban J connectivity index is 1.49. The summed E-state index contributed by atoms with van der Waals surface area (Å²) in [6.07, 6.45) is -3.54. The lowest BCUT2D eigenvalue weighted by Gasteiger charge is -2.50. The van der Waals surface area contributed by atoms with Crippen molar-refractivity contribution in [3.63, 3.8) is 0 Å². The molecule has 6 atom stereocenters. The van der Waals surface area contributed by atoms with E-state index < -0.39 is 74.7 Å². The van der Waals surface area contributed by atoms with Crippen molar-refractivity contribution in [1.29, 1.82) is 0 Å². The van der Waals surface area contributed by atoms with Gasteiger partial charge in [0, 0.05) is 25.6 Å². The molecule has 1 aromatic heterocycles. The number of fused-ring (bicyclic) bond motifs is 4. The highest BCUT2D eigenvalue weighted by Crippen LogP contribution is 2.66. The first-order chi connectivity index (χ1) is 21.0. The monoisotopic (exact) mass is 686 g/mol. The van der Waals surface area contributed by atoms with Gasteiger partial charge in [0.25, 0.3) is 23.6 Å². The third kappa shape index (κ3) is 4.12. The molecule has 1 N–H and O–H groups in total. The number of hydrogen-bond acceptors (Lipinski definition) is 8. The van der Waals surface area contributed by atoms with E-state index in [0.717, 1.165) is 16.0 Å². The first-order valence-electron chi connectivity index (χ1n) is 13.6. The average Bonchev–Trinajstić information content (AvgIpc) is 3.31. The van der Waals surface area contributed by atoms with Gasteiger partial charge in [0.1, 0.15) is 17.2 Å². The van der Waals surface area contributed by atoms with Crippen molar-refractivity contribution >= 4 is 64.2 Å². The Bertz CT molecular complexity index is 1720. The van der Waals surface area contributed by atoms with E-state index in [0.29, 0.717) is 16.6 Å². The minimum absolute atomic E-state index is 0.0260. The van der Waals surface area contributed by atoms with E-state index in [4.69, 9.17) is 39.5 Å². The summed E-state index contributed by atoms with van der Waals surface area (Å²) < 4.78 is 45.9. The van der Waals surface area contributed by atoms with Crippen LogP contribution in [0.5, 0.6) is 11.5 Å². The predicted octanol–water partition coefficient (Wildman–Crippen LogP) is 4.51. The fraction of sp³-hybridized carbons (Fsp3) is 0.414. The van der Waals surface area contributed by atoms with E-state index in [9.17, 15) is 37.5 Å². The van der Waals surface area contributed by atoms with Crippen LogP contribution in [0.2, 0.25) is 5.02 Å². The number of hydrogen-bond donors (Lipinski definition) is 1. The van der Waals surface area contributed by atoms with Crippen LogP contribution in [0.3, 0.4) is 0 Å². The van der Waals surface area contributed by atoms with Gasteiger partial charge in [-0.25, -0.2) is 4.98 Å². The predicted molar refractivity (Wildman–Crippen MR) is 155 cm³/mol. The maximum atomic E-state index is 14.2. The van der Waals surface area contributed by atoms with E-state index in [1.165, 1.54) is 39.4 Å². The number of amides is 4. The lowest BCUT2D eigenvalue weighted by atomic mass is 9.56. The maximum Gasteiger partial charge on any atom is 0.433 e. The van der Waals surface area contributed by atoms with E-state index in [2.05, 4.69) is 4.98 Å². The average molecular weight is 688 g/mol. The van der Waals surface area contributed by atoms with Gasteiger partial charge in [-0.15, -0.1) is 23.2 Å². The number of imide groups is 2. The molecule has 238 valence electrons. The number of benzene rings is 1. The van der Waals surface area contributed by atoms with Crippen molar-refractivity contribution in [3.05, 3.63) is 58.3 Å². The standard InChI is InChI=1S/C29H24Cl3F3N4O6/c1-37-25(43)27(31)11-14-12(21(28(27,32)26(37)44)20-16(40)5-4-6-17(20)45-3)7-8-13-19(14)24(42)39(23(13)41)38(2)22-15(30)9-10-18(36-22)29(33,34)35/h4-7,9-10,13-14,19,21,40H,8,11H2,1-3H3/t13-,14+,19-,21+,27+,28-/m0/s1. The molecule has 3 heterocycles. The van der Waals surface area contributed by atoms with Gasteiger partial charge in [-0.05, 0) is 43.0 Å². The van der Waals surface area contributed by atoms with Crippen LogP contribution in [0.25, 0.3) is 0 Å². The van der Waals surface area contributed by atoms with E-state index >= 15 is 0 Å². The Hall–Kier alpha value is -3.55. The fourth-order valence-corrected chi connectivity index (χ4v) is 8.48. The molecule has 0 bridgehead atoms. The zero-order valence-corrected chi connectivity index (χ0v) is 26.0. The molecule has 6 rings (SSSR count). The van der Waals surface area contributed by atoms with Crippen molar-refractivity contribution in [2.24, 2.45) is 17.8 Å². The van der Waals surface area contributed by atoms with Gasteiger partial charge in [-0.2, -0.15) is 18.2 Å². The number of methoxy groups -OCH3 is 1. The van der Waals surface area contributed by atoms with Crippen LogP contribution < -0.4 is 9.75 Å². The zero-order valence-electron chi connectivity index (χ0n) is 23.7. The number of phenols is 1. The molecular formula is C29H24Cl3F3N4O6. The summed E-state index contributed by atoms with van der Waals surface area (Å²) in [6.45, 7) is 0. The van der Waals surface area contributed by atoms with Crippen LogP contribution >= 0.6 is 34.8 Å². The number of anilines is 1. The quantitative estimate of drug-likeness (QED) is 0.284. The highest BCUT2D eigenvalue weighted by atomic mass is 35.5. The maximum absolute atomic E-state index is 14.2. The number of halogens is 6. The third-order valence-corrected chi connectivity index (χ3v) is 11.0. The summed E-state index contributed by atoms with van der Waals surface area (Å²) in [7, 11) is 3.75. The van der Waals surface area contributed by atoms with Gasteiger partial charge < -0.3 is 9.84 Å². The summed E-state index contributed by atoms with van der Waals surface area (Å²) in [5.41, 5.74) is -0.826. The second-order valence-electron chi connectivity index (χ2n) is 11.4. The smallest absolute Gasteiger partial charge is 0.433 e. The van der Waals surface area contributed by atoms with Crippen molar-refractivity contribution in [2.75, 3.05) is 26.2 Å². The molecule has 2 saturated heterocycles. The molecule has 3 fully saturated rings. The molecular weight excluding hydrogens is 664 g/mol. The van der Waals surface area contributed by atoms with Gasteiger partial charge in [0.05, 0.1) is 24.0 Å². The van der Waals surface area contributed by atoms with Crippen molar-refractivity contribution < 1.29 is 42.2 Å². The van der Waals surface area contributed by atoms with Gasteiger partial charge in [0.2, 0.25) is 0 Å². The van der Waals surface area contributed by atoms with Gasteiger partial charge in [-0.3, -0.25) is 29.1 Å². The topological polar surface area (TPSA) is 120 Å². The number of ether oxygens (including phenoxy) is 1. The number of aromatic nitrogens is 1. The Morgan fingerprint density at radius 2 is 1.76 bits per heavy atom. The SMILES string of the molecule is COc1cccc(O)c1[C@H]1C2=CC[C@@H]3C(=O)N(N(C)c4nc(C(F)(F)F)ccc4Cl)C(=O)[C@@H]3[C@@H]2C[C@@]2(Cl)C(=O)N(C)C(=O)[C@@]12Cl. The molecule has 4 aliphatic rings. The van der Waals surface area contributed by atoms with Crippen LogP contribution in [-0.2, 0) is 25.4 Å². The molecule has 2 aromatic rings. The summed E-state index contributed by atoms with van der Waals surface area (Å²) in [5.74, 6) is -8.21. The summed E-state index contributed by atoms with van der Waals surface area (Å²) in [6, 6.07) is 6.02. The molecule has 2 aliphatic carbocycles. The molecule has 0 radical (unpaired) electrons. The molecule has 1 saturated carbocycles. The molecule has 0 unspecified atom stereocenters. The summed E-state index contributed by atoms with van der Waals surface area (Å²) in [5, 5.41) is 12.4. The number of likely N-dealkylation sites (tertiary alicyclic amines) is 1. The number of rotatable bonds is 4. The first-order valence-corrected chi connectivity index (χ1v) is 14.8. The van der Waals surface area contributed by atoms with Crippen molar-refractivity contribution in [2.45, 2.75) is 34.7 Å². The Morgan fingerprint density at radius 1 is 1.07 bits per heavy atom. The fourth-order valence-electron chi connectivity index (χ4n) is 7.25. The second-order valence-corrected chi connectivity index (χ2v) is 13.1. The Kier molecular flexibility index (Phi) is 7.15.